The fraction of sp³-hybridized carbons (Fsp3) is 0.167. The Morgan fingerprint density at radius 1 is 1.19 bits per heavy atom. The molecule has 2 N–H and O–H groups in total. The molecule has 1 aromatic carbocycles. The zero-order chi connectivity index (χ0) is 18.1. The van der Waals surface area contributed by atoms with Gasteiger partial charge in [-0.1, -0.05) is 18.2 Å². The lowest BCUT2D eigenvalue weighted by Gasteiger charge is -2.24. The third kappa shape index (κ3) is 2.92. The van der Waals surface area contributed by atoms with E-state index in [4.69, 9.17) is 0 Å². The number of hydrogen-bond donors (Lipinski definition) is 2. The summed E-state index contributed by atoms with van der Waals surface area (Å²) in [5.41, 5.74) is 2.25. The first-order valence-electron chi connectivity index (χ1n) is 8.16. The Labute approximate surface area is 149 Å². The summed E-state index contributed by atoms with van der Waals surface area (Å²) < 4.78 is 1.50. The summed E-state index contributed by atoms with van der Waals surface area (Å²) in [7, 11) is 0. The van der Waals surface area contributed by atoms with E-state index >= 15 is 0 Å². The van der Waals surface area contributed by atoms with Gasteiger partial charge in [-0.15, -0.1) is 5.10 Å². The number of amides is 2. The third-order valence-corrected chi connectivity index (χ3v) is 4.21. The Morgan fingerprint density at radius 3 is 2.85 bits per heavy atom. The average molecular weight is 348 g/mol. The summed E-state index contributed by atoms with van der Waals surface area (Å²) in [5, 5.41) is 17.9. The van der Waals surface area contributed by atoms with Crippen molar-refractivity contribution in [3.63, 3.8) is 0 Å². The number of hydrogen-bond acceptors (Lipinski definition) is 5. The highest BCUT2D eigenvalue weighted by molar-refractivity contribution is 6.04. The molecule has 8 heteroatoms. The van der Waals surface area contributed by atoms with Gasteiger partial charge in [0.2, 0.25) is 11.8 Å². The van der Waals surface area contributed by atoms with Crippen LogP contribution in [-0.2, 0) is 9.59 Å². The highest BCUT2D eigenvalue weighted by atomic mass is 16.2. The lowest BCUT2D eigenvalue weighted by atomic mass is 9.90. The largest absolute Gasteiger partial charge is 0.326 e. The molecule has 26 heavy (non-hydrogen) atoms. The summed E-state index contributed by atoms with van der Waals surface area (Å²) >= 11 is 0. The van der Waals surface area contributed by atoms with Crippen LogP contribution in [0.5, 0.6) is 0 Å². The van der Waals surface area contributed by atoms with Crippen LogP contribution in [0.2, 0.25) is 0 Å². The molecular weight excluding hydrogens is 332 g/mol. The van der Waals surface area contributed by atoms with Gasteiger partial charge in [0.15, 0.2) is 5.82 Å². The van der Waals surface area contributed by atoms with E-state index in [1.807, 2.05) is 31.2 Å². The maximum absolute atomic E-state index is 12.8. The summed E-state index contributed by atoms with van der Waals surface area (Å²) in [6.07, 6.45) is 1.67. The van der Waals surface area contributed by atoms with Crippen molar-refractivity contribution in [3.05, 3.63) is 59.9 Å². The van der Waals surface area contributed by atoms with E-state index in [1.165, 1.54) is 4.68 Å². The van der Waals surface area contributed by atoms with E-state index in [0.29, 0.717) is 17.3 Å². The number of nitrogens with zero attached hydrogens (tertiary/aromatic N) is 4. The standard InChI is InChI=1S/C18H16N6O2/c1-11-6-7-16(23-22-11)24-15(8-9-19-24)21-18(26)13-10-17(25)20-14-5-3-2-4-12(13)14/h2-9,13H,10H2,1H3,(H,20,25)(H,21,26)/t13-/m1/s1. The van der Waals surface area contributed by atoms with Gasteiger partial charge < -0.3 is 10.6 Å². The molecular formula is C18H16N6O2. The second-order valence-corrected chi connectivity index (χ2v) is 6.04. The van der Waals surface area contributed by atoms with Crippen LogP contribution in [-0.4, -0.2) is 31.8 Å². The molecule has 3 aromatic rings. The smallest absolute Gasteiger partial charge is 0.233 e. The quantitative estimate of drug-likeness (QED) is 0.754. The molecule has 1 aliphatic rings. The van der Waals surface area contributed by atoms with Crippen molar-refractivity contribution < 1.29 is 9.59 Å². The number of fused-ring (bicyclic) bond motifs is 1. The Hall–Kier alpha value is -3.55. The molecule has 2 amide bonds. The van der Waals surface area contributed by atoms with Crippen molar-refractivity contribution in [1.29, 1.82) is 0 Å². The zero-order valence-electron chi connectivity index (χ0n) is 14.0. The number of benzene rings is 1. The van der Waals surface area contributed by atoms with Crippen molar-refractivity contribution in [2.24, 2.45) is 0 Å². The van der Waals surface area contributed by atoms with Gasteiger partial charge >= 0.3 is 0 Å². The molecule has 0 spiro atoms. The van der Waals surface area contributed by atoms with Crippen LogP contribution in [0.25, 0.3) is 5.82 Å². The topological polar surface area (TPSA) is 102 Å². The molecule has 1 atom stereocenters. The Morgan fingerprint density at radius 2 is 2.04 bits per heavy atom. The minimum absolute atomic E-state index is 0.0985. The fourth-order valence-electron chi connectivity index (χ4n) is 2.94. The number of aromatic nitrogens is 4. The van der Waals surface area contributed by atoms with E-state index in [2.05, 4.69) is 25.9 Å². The molecule has 2 aromatic heterocycles. The Kier molecular flexibility index (Phi) is 3.92. The van der Waals surface area contributed by atoms with Crippen molar-refractivity contribution in [2.75, 3.05) is 10.6 Å². The minimum Gasteiger partial charge on any atom is -0.326 e. The maximum atomic E-state index is 12.8. The van der Waals surface area contributed by atoms with Crippen LogP contribution in [0.15, 0.2) is 48.7 Å². The minimum atomic E-state index is -0.563. The number of para-hydroxylation sites is 1. The van der Waals surface area contributed by atoms with Crippen LogP contribution in [0, 0.1) is 6.92 Å². The lowest BCUT2D eigenvalue weighted by molar-refractivity contribution is -0.123. The second-order valence-electron chi connectivity index (χ2n) is 6.04. The van der Waals surface area contributed by atoms with Crippen LogP contribution in [0.1, 0.15) is 23.6 Å². The normalized spacial score (nSPS) is 15.9. The van der Waals surface area contributed by atoms with Gasteiger partial charge in [-0.3, -0.25) is 9.59 Å². The van der Waals surface area contributed by atoms with Crippen molar-refractivity contribution in [3.8, 4) is 5.82 Å². The molecule has 0 bridgehead atoms. The van der Waals surface area contributed by atoms with Gasteiger partial charge in [0, 0.05) is 18.2 Å². The zero-order valence-corrected chi connectivity index (χ0v) is 14.0. The average Bonchev–Trinajstić information content (AvgIpc) is 3.09. The second kappa shape index (κ2) is 6.40. The summed E-state index contributed by atoms with van der Waals surface area (Å²) in [5.74, 6) is -0.0439. The number of rotatable bonds is 3. The monoisotopic (exact) mass is 348 g/mol. The predicted molar refractivity (Wildman–Crippen MR) is 95.0 cm³/mol. The highest BCUT2D eigenvalue weighted by Crippen LogP contribution is 2.32. The van der Waals surface area contributed by atoms with Crippen molar-refractivity contribution >= 4 is 23.3 Å². The molecule has 0 saturated heterocycles. The van der Waals surface area contributed by atoms with Crippen molar-refractivity contribution in [2.45, 2.75) is 19.3 Å². The third-order valence-electron chi connectivity index (χ3n) is 4.21. The summed E-state index contributed by atoms with van der Waals surface area (Å²) in [4.78, 5) is 24.8. The van der Waals surface area contributed by atoms with Crippen LogP contribution in [0.3, 0.4) is 0 Å². The molecule has 8 nitrogen and oxygen atoms in total. The van der Waals surface area contributed by atoms with Crippen molar-refractivity contribution in [1.82, 2.24) is 20.0 Å². The molecule has 1 aliphatic heterocycles. The van der Waals surface area contributed by atoms with Gasteiger partial charge in [-0.25, -0.2) is 0 Å². The van der Waals surface area contributed by atoms with Gasteiger partial charge in [0.05, 0.1) is 17.8 Å². The van der Waals surface area contributed by atoms with E-state index in [-0.39, 0.29) is 18.2 Å². The number of aryl methyl sites for hydroxylation is 1. The number of nitrogens with one attached hydrogen (secondary N) is 2. The molecule has 0 radical (unpaired) electrons. The van der Waals surface area contributed by atoms with Gasteiger partial charge in [-0.2, -0.15) is 14.9 Å². The molecule has 3 heterocycles. The van der Waals surface area contributed by atoms with Crippen LogP contribution < -0.4 is 10.6 Å². The van der Waals surface area contributed by atoms with Gasteiger partial charge in [-0.05, 0) is 30.7 Å². The summed E-state index contributed by atoms with van der Waals surface area (Å²) in [6, 6.07) is 12.6. The number of carbonyl (C=O) groups is 2. The van der Waals surface area contributed by atoms with E-state index in [0.717, 1.165) is 11.3 Å². The SMILES string of the molecule is Cc1ccc(-n2nccc2NC(=O)[C@@H]2CC(=O)Nc3ccccc32)nn1. The fourth-order valence-corrected chi connectivity index (χ4v) is 2.94. The van der Waals surface area contributed by atoms with Crippen LogP contribution in [0.4, 0.5) is 11.5 Å². The number of anilines is 2. The van der Waals surface area contributed by atoms with E-state index in [9.17, 15) is 9.59 Å². The first-order valence-corrected chi connectivity index (χ1v) is 8.16. The Balaban J connectivity index is 1.61. The first kappa shape index (κ1) is 15.9. The summed E-state index contributed by atoms with van der Waals surface area (Å²) in [6.45, 7) is 1.84. The maximum Gasteiger partial charge on any atom is 0.233 e. The van der Waals surface area contributed by atoms with Gasteiger partial charge in [0.25, 0.3) is 0 Å². The predicted octanol–water partition coefficient (Wildman–Crippen LogP) is 2.04. The lowest BCUT2D eigenvalue weighted by Crippen LogP contribution is -2.31. The van der Waals surface area contributed by atoms with Crippen LogP contribution >= 0.6 is 0 Å². The van der Waals surface area contributed by atoms with E-state index < -0.39 is 5.92 Å². The van der Waals surface area contributed by atoms with E-state index in [1.54, 1.807) is 24.4 Å². The number of carbonyl (C=O) groups excluding carboxylic acids is 2. The molecule has 0 unspecified atom stereocenters. The molecule has 130 valence electrons. The molecule has 4 rings (SSSR count). The Bertz CT molecular complexity index is 979. The molecule has 0 saturated carbocycles. The molecule has 0 fully saturated rings. The highest BCUT2D eigenvalue weighted by Gasteiger charge is 2.31. The van der Waals surface area contributed by atoms with Gasteiger partial charge in [0.1, 0.15) is 5.82 Å². The first-order chi connectivity index (χ1) is 12.6. The molecule has 0 aliphatic carbocycles.